The number of rotatable bonds is 5. The predicted octanol–water partition coefficient (Wildman–Crippen LogP) is 2.49. The van der Waals surface area contributed by atoms with E-state index in [-0.39, 0.29) is 0 Å². The minimum absolute atomic E-state index is 0.565. The number of ether oxygens (including phenoxy) is 2. The molecule has 2 rings (SSSR count). The molecule has 1 aromatic rings. The maximum Gasteiger partial charge on any atom is 0.136 e. The second-order valence-electron chi connectivity index (χ2n) is 4.10. The van der Waals surface area contributed by atoms with Gasteiger partial charge in [0, 0.05) is 6.61 Å². The van der Waals surface area contributed by atoms with Gasteiger partial charge in [0.25, 0.3) is 0 Å². The van der Waals surface area contributed by atoms with Crippen molar-refractivity contribution in [3.05, 3.63) is 29.3 Å². The van der Waals surface area contributed by atoms with Gasteiger partial charge in [-0.3, -0.25) is 0 Å². The summed E-state index contributed by atoms with van der Waals surface area (Å²) in [5.74, 6) is 1.39. The van der Waals surface area contributed by atoms with Gasteiger partial charge in [0.2, 0.25) is 0 Å². The van der Waals surface area contributed by atoms with E-state index in [1.54, 1.807) is 7.11 Å². The maximum atomic E-state index is 8.93. The van der Waals surface area contributed by atoms with Crippen LogP contribution in [0.4, 0.5) is 0 Å². The van der Waals surface area contributed by atoms with Crippen LogP contribution in [-0.4, -0.2) is 13.7 Å². The first-order valence-corrected chi connectivity index (χ1v) is 5.48. The molecule has 0 spiro atoms. The first-order valence-electron chi connectivity index (χ1n) is 5.48. The summed E-state index contributed by atoms with van der Waals surface area (Å²) in [5.41, 5.74) is 1.59. The first kappa shape index (κ1) is 11.0. The second-order valence-corrected chi connectivity index (χ2v) is 4.10. The van der Waals surface area contributed by atoms with Crippen LogP contribution in [0.1, 0.15) is 24.0 Å². The Morgan fingerprint density at radius 1 is 1.44 bits per heavy atom. The second kappa shape index (κ2) is 5.00. The van der Waals surface area contributed by atoms with E-state index in [1.165, 1.54) is 12.8 Å². The lowest BCUT2D eigenvalue weighted by atomic mass is 10.1. The van der Waals surface area contributed by atoms with Gasteiger partial charge in [-0.25, -0.2) is 0 Å². The van der Waals surface area contributed by atoms with E-state index < -0.39 is 0 Å². The summed E-state index contributed by atoms with van der Waals surface area (Å²) in [6.45, 7) is 1.42. The zero-order valence-corrected chi connectivity index (χ0v) is 9.40. The highest BCUT2D eigenvalue weighted by Gasteiger charge is 2.21. The van der Waals surface area contributed by atoms with E-state index >= 15 is 0 Å². The summed E-state index contributed by atoms with van der Waals surface area (Å²) < 4.78 is 10.6. The Morgan fingerprint density at radius 2 is 2.25 bits per heavy atom. The Morgan fingerprint density at radius 3 is 2.88 bits per heavy atom. The topological polar surface area (TPSA) is 42.2 Å². The molecule has 3 heteroatoms. The lowest BCUT2D eigenvalue weighted by Crippen LogP contribution is -1.98. The Bertz CT molecular complexity index is 405. The molecule has 0 heterocycles. The zero-order chi connectivity index (χ0) is 11.4. The Labute approximate surface area is 95.6 Å². The standard InChI is InChI=1S/C13H15NO2/c1-15-13-5-4-11(6-12(13)7-14)9-16-8-10-2-3-10/h4-6,10H,2-3,8-9H2,1H3. The summed E-state index contributed by atoms with van der Waals surface area (Å²) >= 11 is 0. The lowest BCUT2D eigenvalue weighted by Gasteiger charge is -2.06. The smallest absolute Gasteiger partial charge is 0.136 e. The van der Waals surface area contributed by atoms with Crippen molar-refractivity contribution < 1.29 is 9.47 Å². The third-order valence-electron chi connectivity index (χ3n) is 2.70. The van der Waals surface area contributed by atoms with Gasteiger partial charge in [-0.15, -0.1) is 0 Å². The molecule has 0 radical (unpaired) electrons. The van der Waals surface area contributed by atoms with Crippen LogP contribution in [0.3, 0.4) is 0 Å². The number of nitriles is 1. The molecule has 0 unspecified atom stereocenters. The minimum atomic E-state index is 0.565. The van der Waals surface area contributed by atoms with Gasteiger partial charge in [-0.1, -0.05) is 6.07 Å². The maximum absolute atomic E-state index is 8.93. The quantitative estimate of drug-likeness (QED) is 0.761. The summed E-state index contributed by atoms with van der Waals surface area (Å²) in [6.07, 6.45) is 2.60. The van der Waals surface area contributed by atoms with Gasteiger partial charge >= 0.3 is 0 Å². The summed E-state index contributed by atoms with van der Waals surface area (Å²) in [7, 11) is 1.57. The van der Waals surface area contributed by atoms with Crippen LogP contribution in [0.5, 0.6) is 5.75 Å². The molecule has 1 aromatic carbocycles. The van der Waals surface area contributed by atoms with Crippen molar-refractivity contribution >= 4 is 0 Å². The number of benzene rings is 1. The van der Waals surface area contributed by atoms with Gasteiger partial charge in [0.05, 0.1) is 19.3 Å². The van der Waals surface area contributed by atoms with Crippen molar-refractivity contribution in [1.29, 1.82) is 5.26 Å². The van der Waals surface area contributed by atoms with Crippen LogP contribution in [0.2, 0.25) is 0 Å². The van der Waals surface area contributed by atoms with Crippen molar-refractivity contribution in [3.63, 3.8) is 0 Å². The first-order chi connectivity index (χ1) is 7.83. The van der Waals surface area contributed by atoms with Crippen LogP contribution < -0.4 is 4.74 Å². The largest absolute Gasteiger partial charge is 0.495 e. The van der Waals surface area contributed by atoms with E-state index in [9.17, 15) is 0 Å². The van der Waals surface area contributed by atoms with E-state index in [4.69, 9.17) is 14.7 Å². The highest BCUT2D eigenvalue weighted by atomic mass is 16.5. The van der Waals surface area contributed by atoms with E-state index in [1.807, 2.05) is 18.2 Å². The van der Waals surface area contributed by atoms with E-state index in [2.05, 4.69) is 6.07 Å². The highest BCUT2D eigenvalue weighted by molar-refractivity contribution is 5.45. The molecule has 1 aliphatic carbocycles. The molecule has 1 fully saturated rings. The Kier molecular flexibility index (Phi) is 3.43. The van der Waals surface area contributed by atoms with Crippen LogP contribution in [0.15, 0.2) is 18.2 Å². The molecule has 0 bridgehead atoms. The van der Waals surface area contributed by atoms with Crippen molar-refractivity contribution in [1.82, 2.24) is 0 Å². The Hall–Kier alpha value is -1.53. The van der Waals surface area contributed by atoms with Gasteiger partial charge < -0.3 is 9.47 Å². The fourth-order valence-corrected chi connectivity index (χ4v) is 1.56. The minimum Gasteiger partial charge on any atom is -0.495 e. The number of nitrogens with zero attached hydrogens (tertiary/aromatic N) is 1. The fourth-order valence-electron chi connectivity index (χ4n) is 1.56. The molecule has 0 N–H and O–H groups in total. The van der Waals surface area contributed by atoms with Crippen molar-refractivity contribution in [2.75, 3.05) is 13.7 Å². The average molecular weight is 217 g/mol. The molecule has 0 amide bonds. The summed E-state index contributed by atoms with van der Waals surface area (Å²) in [5, 5.41) is 8.93. The molecule has 84 valence electrons. The van der Waals surface area contributed by atoms with Crippen LogP contribution in [-0.2, 0) is 11.3 Å². The Balaban J connectivity index is 1.95. The molecule has 16 heavy (non-hydrogen) atoms. The van der Waals surface area contributed by atoms with Crippen molar-refractivity contribution in [3.8, 4) is 11.8 Å². The predicted molar refractivity (Wildman–Crippen MR) is 60.1 cm³/mol. The summed E-state index contributed by atoms with van der Waals surface area (Å²) in [6, 6.07) is 7.69. The molecule has 0 aromatic heterocycles. The SMILES string of the molecule is COc1ccc(COCC2CC2)cc1C#N. The normalized spacial score (nSPS) is 14.5. The van der Waals surface area contributed by atoms with Crippen molar-refractivity contribution in [2.45, 2.75) is 19.4 Å². The summed E-state index contributed by atoms with van der Waals surface area (Å²) in [4.78, 5) is 0. The fraction of sp³-hybridized carbons (Fsp3) is 0.462. The molecule has 0 saturated heterocycles. The highest BCUT2D eigenvalue weighted by Crippen LogP contribution is 2.29. The van der Waals surface area contributed by atoms with Crippen molar-refractivity contribution in [2.24, 2.45) is 5.92 Å². The van der Waals surface area contributed by atoms with E-state index in [0.717, 1.165) is 18.1 Å². The monoisotopic (exact) mass is 217 g/mol. The number of hydrogen-bond acceptors (Lipinski definition) is 3. The molecule has 1 saturated carbocycles. The third-order valence-corrected chi connectivity index (χ3v) is 2.70. The van der Waals surface area contributed by atoms with Gasteiger partial charge in [-0.2, -0.15) is 5.26 Å². The molecule has 3 nitrogen and oxygen atoms in total. The van der Waals surface area contributed by atoms with E-state index in [0.29, 0.717) is 17.9 Å². The van der Waals surface area contributed by atoms with Crippen LogP contribution in [0.25, 0.3) is 0 Å². The zero-order valence-electron chi connectivity index (χ0n) is 9.40. The molecular formula is C13H15NO2. The molecular weight excluding hydrogens is 202 g/mol. The van der Waals surface area contributed by atoms with Crippen LogP contribution in [0, 0.1) is 17.2 Å². The molecule has 0 aliphatic heterocycles. The molecule has 0 atom stereocenters. The van der Waals surface area contributed by atoms with Gasteiger partial charge in [0.1, 0.15) is 11.8 Å². The molecule has 1 aliphatic rings. The number of methoxy groups -OCH3 is 1. The lowest BCUT2D eigenvalue weighted by molar-refractivity contribution is 0.111. The number of hydrogen-bond donors (Lipinski definition) is 0. The van der Waals surface area contributed by atoms with Crippen LogP contribution >= 0.6 is 0 Å². The van der Waals surface area contributed by atoms with Gasteiger partial charge in [0.15, 0.2) is 0 Å². The van der Waals surface area contributed by atoms with Gasteiger partial charge in [-0.05, 0) is 36.5 Å². The third kappa shape index (κ3) is 2.74. The average Bonchev–Trinajstić information content (AvgIpc) is 3.13.